The zero-order chi connectivity index (χ0) is 19.4. The number of hydrogen-bond donors (Lipinski definition) is 2. The van der Waals surface area contributed by atoms with Gasteiger partial charge in [0.05, 0.1) is 12.3 Å². The van der Waals surface area contributed by atoms with Crippen LogP contribution in [0.25, 0.3) is 11.4 Å². The molecule has 0 aliphatic carbocycles. The Bertz CT molecular complexity index is 905. The number of nitrogens with one attached hydrogen (secondary N) is 1. The predicted molar refractivity (Wildman–Crippen MR) is 101 cm³/mol. The molecule has 1 aromatic carbocycles. The fraction of sp³-hybridized carbons (Fsp3) is 0.389. The van der Waals surface area contributed by atoms with Crippen molar-refractivity contribution in [2.24, 2.45) is 0 Å². The van der Waals surface area contributed by atoms with Gasteiger partial charge in [-0.3, -0.25) is 0 Å². The maximum atomic E-state index is 11.7. The van der Waals surface area contributed by atoms with Crippen LogP contribution < -0.4 is 4.72 Å². The maximum absolute atomic E-state index is 11.7. The summed E-state index contributed by atoms with van der Waals surface area (Å²) in [4.78, 5) is 21.5. The largest absolute Gasteiger partial charge is 0.465 e. The molecule has 2 N–H and O–H groups in total. The van der Waals surface area contributed by atoms with Crippen LogP contribution in [0, 0.1) is 0 Å². The van der Waals surface area contributed by atoms with Crippen LogP contribution in [0.1, 0.15) is 18.4 Å². The molecule has 2 aromatic rings. The van der Waals surface area contributed by atoms with E-state index in [9.17, 15) is 18.3 Å². The van der Waals surface area contributed by atoms with Gasteiger partial charge in [0.15, 0.2) is 5.82 Å². The molecule has 2 heterocycles. The molecule has 8 nitrogen and oxygen atoms in total. The van der Waals surface area contributed by atoms with E-state index in [1.165, 1.54) is 4.90 Å². The first-order valence-electron chi connectivity index (χ1n) is 8.67. The van der Waals surface area contributed by atoms with E-state index in [-0.39, 0.29) is 0 Å². The Hall–Kier alpha value is -2.52. The molecule has 27 heavy (non-hydrogen) atoms. The van der Waals surface area contributed by atoms with E-state index in [1.807, 2.05) is 24.3 Å². The molecule has 144 valence electrons. The van der Waals surface area contributed by atoms with Crippen LogP contribution in [-0.2, 0) is 16.4 Å². The lowest BCUT2D eigenvalue weighted by atomic mass is 9.91. The van der Waals surface area contributed by atoms with Crippen molar-refractivity contribution < 1.29 is 18.3 Å². The molecule has 1 aliphatic rings. The summed E-state index contributed by atoms with van der Waals surface area (Å²) >= 11 is 0. The second-order valence-electron chi connectivity index (χ2n) is 6.66. The van der Waals surface area contributed by atoms with Crippen LogP contribution in [0.5, 0.6) is 0 Å². The molecule has 1 amide bonds. The SMILES string of the molecule is CS(=O)(=O)N[C@H]1CCCN(C(=O)O)[C@H]1Cc1cccc(-c2ncccn2)c1. The van der Waals surface area contributed by atoms with Crippen LogP contribution in [-0.4, -0.2) is 59.4 Å². The van der Waals surface area contributed by atoms with E-state index in [0.717, 1.165) is 17.4 Å². The van der Waals surface area contributed by atoms with Crippen molar-refractivity contribution in [2.45, 2.75) is 31.3 Å². The Balaban J connectivity index is 1.88. The molecule has 1 fully saturated rings. The number of amides is 1. The summed E-state index contributed by atoms with van der Waals surface area (Å²) < 4.78 is 26.0. The minimum Gasteiger partial charge on any atom is -0.465 e. The summed E-state index contributed by atoms with van der Waals surface area (Å²) in [5.41, 5.74) is 1.73. The van der Waals surface area contributed by atoms with Gasteiger partial charge in [0.25, 0.3) is 0 Å². The molecule has 1 aromatic heterocycles. The third-order valence-corrected chi connectivity index (χ3v) is 5.32. The van der Waals surface area contributed by atoms with E-state index in [0.29, 0.717) is 31.6 Å². The normalized spacial score (nSPS) is 20.4. The molecule has 0 bridgehead atoms. The minimum absolute atomic E-state index is 0.392. The number of piperidine rings is 1. The Labute approximate surface area is 158 Å². The van der Waals surface area contributed by atoms with E-state index in [4.69, 9.17) is 0 Å². The minimum atomic E-state index is -3.44. The summed E-state index contributed by atoms with van der Waals surface area (Å²) in [7, 11) is -3.44. The highest BCUT2D eigenvalue weighted by atomic mass is 32.2. The molecule has 3 rings (SSSR count). The topological polar surface area (TPSA) is 112 Å². The number of likely N-dealkylation sites (tertiary alicyclic amines) is 1. The summed E-state index contributed by atoms with van der Waals surface area (Å²) in [5.74, 6) is 0.587. The van der Waals surface area contributed by atoms with Gasteiger partial charge in [0.1, 0.15) is 0 Å². The van der Waals surface area contributed by atoms with Crippen LogP contribution in [0.15, 0.2) is 42.7 Å². The van der Waals surface area contributed by atoms with E-state index >= 15 is 0 Å². The third-order valence-electron chi connectivity index (χ3n) is 4.59. The average Bonchev–Trinajstić information content (AvgIpc) is 2.63. The third kappa shape index (κ3) is 5.01. The average molecular weight is 390 g/mol. The highest BCUT2D eigenvalue weighted by Crippen LogP contribution is 2.24. The van der Waals surface area contributed by atoms with Crippen molar-refractivity contribution in [2.75, 3.05) is 12.8 Å². The number of rotatable bonds is 5. The molecular weight excluding hydrogens is 368 g/mol. The molecule has 0 saturated carbocycles. The van der Waals surface area contributed by atoms with Crippen LogP contribution >= 0.6 is 0 Å². The molecular formula is C18H22N4O4S. The number of carbonyl (C=O) groups is 1. The Morgan fingerprint density at radius 1 is 1.30 bits per heavy atom. The summed E-state index contributed by atoms with van der Waals surface area (Å²) in [5, 5.41) is 9.56. The number of carboxylic acid groups (broad SMARTS) is 1. The van der Waals surface area contributed by atoms with E-state index < -0.39 is 28.2 Å². The monoisotopic (exact) mass is 390 g/mol. The smallest absolute Gasteiger partial charge is 0.407 e. The molecule has 0 spiro atoms. The number of aromatic nitrogens is 2. The van der Waals surface area contributed by atoms with Crippen LogP contribution in [0.3, 0.4) is 0 Å². The Kier molecular flexibility index (Phi) is 5.71. The van der Waals surface area contributed by atoms with Gasteiger partial charge in [-0.05, 0) is 37.0 Å². The number of sulfonamides is 1. The van der Waals surface area contributed by atoms with Crippen molar-refractivity contribution in [3.05, 3.63) is 48.3 Å². The maximum Gasteiger partial charge on any atom is 0.407 e. The van der Waals surface area contributed by atoms with Gasteiger partial charge in [-0.1, -0.05) is 18.2 Å². The lowest BCUT2D eigenvalue weighted by molar-refractivity contribution is 0.0942. The van der Waals surface area contributed by atoms with Crippen molar-refractivity contribution in [3.63, 3.8) is 0 Å². The van der Waals surface area contributed by atoms with Crippen LogP contribution in [0.2, 0.25) is 0 Å². The summed E-state index contributed by atoms with van der Waals surface area (Å²) in [6, 6.07) is 8.38. The van der Waals surface area contributed by atoms with Gasteiger partial charge in [-0.15, -0.1) is 0 Å². The van der Waals surface area contributed by atoms with Crippen molar-refractivity contribution in [3.8, 4) is 11.4 Å². The van der Waals surface area contributed by atoms with Crippen LogP contribution in [0.4, 0.5) is 4.79 Å². The second kappa shape index (κ2) is 8.01. The molecule has 9 heteroatoms. The fourth-order valence-corrected chi connectivity index (χ4v) is 4.31. The fourth-order valence-electron chi connectivity index (χ4n) is 3.49. The number of nitrogens with zero attached hydrogens (tertiary/aromatic N) is 3. The predicted octanol–water partition coefficient (Wildman–Crippen LogP) is 1.75. The first-order valence-corrected chi connectivity index (χ1v) is 10.6. The number of benzene rings is 1. The van der Waals surface area contributed by atoms with Gasteiger partial charge in [-0.25, -0.2) is 27.9 Å². The lowest BCUT2D eigenvalue weighted by Gasteiger charge is -2.39. The standard InChI is InChI=1S/C18H22N4O4S/c1-27(25,26)21-15-7-3-10-22(18(23)24)16(15)12-13-5-2-6-14(11-13)17-19-8-4-9-20-17/h2,4-6,8-9,11,15-16,21H,3,7,10,12H2,1H3,(H,23,24)/t15-,16-/m0/s1. The van der Waals surface area contributed by atoms with Crippen molar-refractivity contribution >= 4 is 16.1 Å². The van der Waals surface area contributed by atoms with Gasteiger partial charge in [0.2, 0.25) is 10.0 Å². The quantitative estimate of drug-likeness (QED) is 0.804. The van der Waals surface area contributed by atoms with Crippen molar-refractivity contribution in [1.29, 1.82) is 0 Å². The van der Waals surface area contributed by atoms with Crippen molar-refractivity contribution in [1.82, 2.24) is 19.6 Å². The number of hydrogen-bond acceptors (Lipinski definition) is 5. The first kappa shape index (κ1) is 19.2. The first-order chi connectivity index (χ1) is 12.8. The summed E-state index contributed by atoms with van der Waals surface area (Å²) in [6.07, 6.45) is 5.00. The molecule has 0 radical (unpaired) electrons. The zero-order valence-electron chi connectivity index (χ0n) is 14.9. The molecule has 1 aliphatic heterocycles. The molecule has 0 unspecified atom stereocenters. The zero-order valence-corrected chi connectivity index (χ0v) is 15.8. The lowest BCUT2D eigenvalue weighted by Crippen LogP contribution is -2.57. The second-order valence-corrected chi connectivity index (χ2v) is 8.44. The highest BCUT2D eigenvalue weighted by molar-refractivity contribution is 7.88. The van der Waals surface area contributed by atoms with Gasteiger partial charge in [-0.2, -0.15) is 0 Å². The Morgan fingerprint density at radius 2 is 2.04 bits per heavy atom. The molecule has 2 atom stereocenters. The van der Waals surface area contributed by atoms with E-state index in [2.05, 4.69) is 14.7 Å². The van der Waals surface area contributed by atoms with Gasteiger partial charge < -0.3 is 10.0 Å². The van der Waals surface area contributed by atoms with E-state index in [1.54, 1.807) is 18.5 Å². The Morgan fingerprint density at radius 3 is 2.70 bits per heavy atom. The molecule has 1 saturated heterocycles. The van der Waals surface area contributed by atoms with Gasteiger partial charge in [0, 0.05) is 30.5 Å². The summed E-state index contributed by atoms with van der Waals surface area (Å²) in [6.45, 7) is 0.392. The van der Waals surface area contributed by atoms with Gasteiger partial charge >= 0.3 is 6.09 Å². The highest BCUT2D eigenvalue weighted by Gasteiger charge is 2.35.